The second-order valence-corrected chi connectivity index (χ2v) is 7.06. The zero-order valence-corrected chi connectivity index (χ0v) is 13.8. The Kier molecular flexibility index (Phi) is 5.34. The second kappa shape index (κ2) is 7.24. The third kappa shape index (κ3) is 4.07. The van der Waals surface area contributed by atoms with Crippen molar-refractivity contribution in [3.63, 3.8) is 0 Å². The van der Waals surface area contributed by atoms with Gasteiger partial charge >= 0.3 is 0 Å². The molecule has 0 aliphatic rings. The number of hydrogen-bond acceptors (Lipinski definition) is 3. The fraction of sp³-hybridized carbons (Fsp3) is 0.167. The fourth-order valence-electron chi connectivity index (χ4n) is 2.15. The van der Waals surface area contributed by atoms with Gasteiger partial charge in [0, 0.05) is 0 Å². The number of rotatable bonds is 6. The summed E-state index contributed by atoms with van der Waals surface area (Å²) in [6, 6.07) is 15.5. The standard InChI is InChI=1S/C18H19NO3S/c1-3-13-19(18(20)14-16-7-5-4-6-8-16)23(21,22)17-11-9-15(2)10-12-17/h3-12H,1,13-14H2,2H3. The van der Waals surface area contributed by atoms with Gasteiger partial charge in [0.25, 0.3) is 10.0 Å². The normalized spacial score (nSPS) is 11.0. The molecule has 0 saturated carbocycles. The van der Waals surface area contributed by atoms with E-state index in [1.54, 1.807) is 24.3 Å². The summed E-state index contributed by atoms with van der Waals surface area (Å²) >= 11 is 0. The van der Waals surface area contributed by atoms with E-state index >= 15 is 0 Å². The molecule has 0 fully saturated rings. The maximum Gasteiger partial charge on any atom is 0.266 e. The van der Waals surface area contributed by atoms with Gasteiger partial charge in [0.2, 0.25) is 5.91 Å². The Labute approximate surface area is 137 Å². The molecule has 0 aliphatic carbocycles. The molecule has 2 rings (SSSR count). The largest absolute Gasteiger partial charge is 0.273 e. The van der Waals surface area contributed by atoms with Crippen LogP contribution in [-0.2, 0) is 21.2 Å². The van der Waals surface area contributed by atoms with E-state index in [-0.39, 0.29) is 17.9 Å². The molecule has 0 aromatic heterocycles. The lowest BCUT2D eigenvalue weighted by Gasteiger charge is -2.21. The Morgan fingerprint density at radius 3 is 2.26 bits per heavy atom. The summed E-state index contributed by atoms with van der Waals surface area (Å²) in [5.74, 6) is -0.475. The first-order chi connectivity index (χ1) is 10.9. The Balaban J connectivity index is 2.31. The van der Waals surface area contributed by atoms with Crippen LogP contribution in [0, 0.1) is 6.92 Å². The van der Waals surface area contributed by atoms with Crippen LogP contribution in [0.2, 0.25) is 0 Å². The molecule has 1 amide bonds. The zero-order chi connectivity index (χ0) is 16.9. The van der Waals surface area contributed by atoms with Gasteiger partial charge in [-0.1, -0.05) is 54.1 Å². The van der Waals surface area contributed by atoms with Crippen molar-refractivity contribution < 1.29 is 13.2 Å². The summed E-state index contributed by atoms with van der Waals surface area (Å²) in [7, 11) is -3.89. The van der Waals surface area contributed by atoms with Crippen molar-refractivity contribution in [1.29, 1.82) is 0 Å². The van der Waals surface area contributed by atoms with Gasteiger partial charge in [-0.25, -0.2) is 12.7 Å². The predicted octanol–water partition coefficient (Wildman–Crippen LogP) is 2.94. The van der Waals surface area contributed by atoms with Crippen LogP contribution in [0.25, 0.3) is 0 Å². The molecule has 0 radical (unpaired) electrons. The summed E-state index contributed by atoms with van der Waals surface area (Å²) in [5, 5.41) is 0. The van der Waals surface area contributed by atoms with Crippen LogP contribution in [0.15, 0.2) is 72.1 Å². The number of hydrogen-bond donors (Lipinski definition) is 0. The summed E-state index contributed by atoms with van der Waals surface area (Å²) in [5.41, 5.74) is 1.72. The molecule has 0 saturated heterocycles. The fourth-order valence-corrected chi connectivity index (χ4v) is 3.52. The zero-order valence-electron chi connectivity index (χ0n) is 13.0. The van der Waals surface area contributed by atoms with Crippen LogP contribution >= 0.6 is 0 Å². The number of amides is 1. The number of carbonyl (C=O) groups excluding carboxylic acids is 1. The van der Waals surface area contributed by atoms with Gasteiger partial charge in [0.05, 0.1) is 17.9 Å². The van der Waals surface area contributed by atoms with Gasteiger partial charge in [-0.05, 0) is 24.6 Å². The Morgan fingerprint density at radius 1 is 1.09 bits per heavy atom. The Morgan fingerprint density at radius 2 is 1.70 bits per heavy atom. The highest BCUT2D eigenvalue weighted by molar-refractivity contribution is 7.89. The minimum Gasteiger partial charge on any atom is -0.273 e. The van der Waals surface area contributed by atoms with Crippen LogP contribution in [0.1, 0.15) is 11.1 Å². The molecular formula is C18H19NO3S. The Bertz CT molecular complexity index is 781. The Hall–Kier alpha value is -2.40. The van der Waals surface area contributed by atoms with Crippen LogP contribution < -0.4 is 0 Å². The van der Waals surface area contributed by atoms with E-state index < -0.39 is 15.9 Å². The SMILES string of the molecule is C=CCN(C(=O)Cc1ccccc1)S(=O)(=O)c1ccc(C)cc1. The van der Waals surface area contributed by atoms with Crippen LogP contribution in [0.3, 0.4) is 0 Å². The van der Waals surface area contributed by atoms with E-state index in [1.165, 1.54) is 18.2 Å². The molecule has 0 N–H and O–H groups in total. The molecule has 120 valence electrons. The quantitative estimate of drug-likeness (QED) is 0.766. The molecule has 0 spiro atoms. The average molecular weight is 329 g/mol. The predicted molar refractivity (Wildman–Crippen MR) is 90.4 cm³/mol. The van der Waals surface area contributed by atoms with Crippen molar-refractivity contribution >= 4 is 15.9 Å². The van der Waals surface area contributed by atoms with Crippen molar-refractivity contribution in [2.75, 3.05) is 6.54 Å². The lowest BCUT2D eigenvalue weighted by Crippen LogP contribution is -2.38. The van der Waals surface area contributed by atoms with Crippen LogP contribution in [0.4, 0.5) is 0 Å². The minimum absolute atomic E-state index is 0.0276. The van der Waals surface area contributed by atoms with E-state index in [9.17, 15) is 13.2 Å². The summed E-state index contributed by atoms with van der Waals surface area (Å²) in [6.45, 7) is 5.37. The first kappa shape index (κ1) is 17.0. The molecular weight excluding hydrogens is 310 g/mol. The van der Waals surface area contributed by atoms with E-state index in [0.717, 1.165) is 15.4 Å². The van der Waals surface area contributed by atoms with Crippen LogP contribution in [0.5, 0.6) is 0 Å². The number of sulfonamides is 1. The summed E-state index contributed by atoms with van der Waals surface area (Å²) in [6.07, 6.45) is 1.44. The molecule has 0 aliphatic heterocycles. The highest BCUT2D eigenvalue weighted by Crippen LogP contribution is 2.18. The molecule has 4 nitrogen and oxygen atoms in total. The lowest BCUT2D eigenvalue weighted by atomic mass is 10.1. The van der Waals surface area contributed by atoms with Crippen molar-refractivity contribution in [2.45, 2.75) is 18.2 Å². The van der Waals surface area contributed by atoms with Crippen molar-refractivity contribution in [2.24, 2.45) is 0 Å². The number of carbonyl (C=O) groups is 1. The number of benzene rings is 2. The molecule has 23 heavy (non-hydrogen) atoms. The molecule has 0 unspecified atom stereocenters. The van der Waals surface area contributed by atoms with E-state index in [2.05, 4.69) is 6.58 Å². The molecule has 5 heteroatoms. The summed E-state index contributed by atoms with van der Waals surface area (Å²) in [4.78, 5) is 12.6. The number of nitrogens with zero attached hydrogens (tertiary/aromatic N) is 1. The van der Waals surface area contributed by atoms with E-state index in [1.807, 2.05) is 25.1 Å². The molecule has 0 bridgehead atoms. The van der Waals surface area contributed by atoms with Crippen molar-refractivity contribution in [3.8, 4) is 0 Å². The highest BCUT2D eigenvalue weighted by atomic mass is 32.2. The molecule has 0 atom stereocenters. The first-order valence-corrected chi connectivity index (χ1v) is 8.66. The van der Waals surface area contributed by atoms with Crippen molar-refractivity contribution in [3.05, 3.63) is 78.4 Å². The maximum atomic E-state index is 12.7. The average Bonchev–Trinajstić information content (AvgIpc) is 2.53. The first-order valence-electron chi connectivity index (χ1n) is 7.22. The smallest absolute Gasteiger partial charge is 0.266 e. The third-order valence-corrected chi connectivity index (χ3v) is 5.18. The molecule has 2 aromatic rings. The molecule has 2 aromatic carbocycles. The lowest BCUT2D eigenvalue weighted by molar-refractivity contribution is -0.125. The van der Waals surface area contributed by atoms with E-state index in [4.69, 9.17) is 0 Å². The highest BCUT2D eigenvalue weighted by Gasteiger charge is 2.28. The summed E-state index contributed by atoms with van der Waals surface area (Å²) < 4.78 is 26.3. The van der Waals surface area contributed by atoms with Gasteiger partial charge in [-0.3, -0.25) is 4.79 Å². The van der Waals surface area contributed by atoms with Gasteiger partial charge in [0.15, 0.2) is 0 Å². The monoisotopic (exact) mass is 329 g/mol. The van der Waals surface area contributed by atoms with Gasteiger partial charge in [-0.15, -0.1) is 6.58 Å². The van der Waals surface area contributed by atoms with Crippen molar-refractivity contribution in [1.82, 2.24) is 4.31 Å². The maximum absolute atomic E-state index is 12.7. The van der Waals surface area contributed by atoms with Gasteiger partial charge in [-0.2, -0.15) is 0 Å². The van der Waals surface area contributed by atoms with Crippen LogP contribution in [-0.4, -0.2) is 25.2 Å². The topological polar surface area (TPSA) is 54.5 Å². The third-order valence-electron chi connectivity index (χ3n) is 3.38. The number of aryl methyl sites for hydroxylation is 1. The second-order valence-electron chi connectivity index (χ2n) is 5.19. The van der Waals surface area contributed by atoms with Gasteiger partial charge in [0.1, 0.15) is 0 Å². The van der Waals surface area contributed by atoms with E-state index in [0.29, 0.717) is 0 Å². The molecule has 0 heterocycles. The van der Waals surface area contributed by atoms with Gasteiger partial charge < -0.3 is 0 Å². The minimum atomic E-state index is -3.89.